The molecule has 0 radical (unpaired) electrons. The predicted molar refractivity (Wildman–Crippen MR) is 91.4 cm³/mol. The maximum absolute atomic E-state index is 13.7. The standard InChI is InChI=1S/C18H25F2N3O2/c1-22-17(12-8-13(19)10-14(20)9-12)16(11-24-3)18(23(22)2)21-15-4-6-25-7-5-15/h8-10,15,18,21H,4-7,11H2,1-3H3. The zero-order valence-electron chi connectivity index (χ0n) is 14.9. The van der Waals surface area contributed by atoms with Crippen molar-refractivity contribution >= 4 is 5.70 Å². The third-order valence-corrected chi connectivity index (χ3v) is 4.86. The van der Waals surface area contributed by atoms with Crippen molar-refractivity contribution in [2.45, 2.75) is 25.0 Å². The van der Waals surface area contributed by atoms with Gasteiger partial charge in [-0.05, 0) is 25.0 Å². The molecule has 0 spiro atoms. The summed E-state index contributed by atoms with van der Waals surface area (Å²) in [5, 5.41) is 7.59. The van der Waals surface area contributed by atoms with Gasteiger partial charge in [0.15, 0.2) is 0 Å². The Morgan fingerprint density at radius 2 is 1.80 bits per heavy atom. The van der Waals surface area contributed by atoms with Crippen LogP contribution in [0.1, 0.15) is 18.4 Å². The second kappa shape index (κ2) is 7.78. The fourth-order valence-corrected chi connectivity index (χ4v) is 3.56. The summed E-state index contributed by atoms with van der Waals surface area (Å²) < 4.78 is 38.3. The van der Waals surface area contributed by atoms with E-state index in [2.05, 4.69) is 5.32 Å². The Kier molecular flexibility index (Phi) is 5.68. The maximum Gasteiger partial charge on any atom is 0.126 e. The summed E-state index contributed by atoms with van der Waals surface area (Å²) >= 11 is 0. The minimum absolute atomic E-state index is 0.0885. The molecule has 1 unspecified atom stereocenters. The molecule has 0 aromatic heterocycles. The number of methoxy groups -OCH3 is 1. The summed E-state index contributed by atoms with van der Waals surface area (Å²) in [5.74, 6) is -1.17. The number of halogens is 2. The molecule has 2 heterocycles. The van der Waals surface area contributed by atoms with Gasteiger partial charge in [-0.2, -0.15) is 0 Å². The van der Waals surface area contributed by atoms with Crippen LogP contribution in [0, 0.1) is 11.6 Å². The highest BCUT2D eigenvalue weighted by Gasteiger charge is 2.36. The molecule has 0 amide bonds. The van der Waals surface area contributed by atoms with E-state index in [0.29, 0.717) is 18.2 Å². The largest absolute Gasteiger partial charge is 0.381 e. The van der Waals surface area contributed by atoms with Gasteiger partial charge < -0.3 is 14.5 Å². The van der Waals surface area contributed by atoms with E-state index in [4.69, 9.17) is 9.47 Å². The Bertz CT molecular complexity index is 627. The van der Waals surface area contributed by atoms with E-state index in [1.165, 1.54) is 12.1 Å². The normalized spacial score (nSPS) is 22.9. The summed E-state index contributed by atoms with van der Waals surface area (Å²) in [5.41, 5.74) is 2.24. The van der Waals surface area contributed by atoms with Crippen LogP contribution in [-0.4, -0.2) is 63.3 Å². The van der Waals surface area contributed by atoms with E-state index in [1.807, 2.05) is 24.1 Å². The van der Waals surface area contributed by atoms with Crippen LogP contribution in [0.4, 0.5) is 8.78 Å². The molecular formula is C18H25F2N3O2. The lowest BCUT2D eigenvalue weighted by molar-refractivity contribution is 0.0321. The van der Waals surface area contributed by atoms with Crippen LogP contribution in [0.5, 0.6) is 0 Å². The van der Waals surface area contributed by atoms with Crippen molar-refractivity contribution in [3.8, 4) is 0 Å². The highest BCUT2D eigenvalue weighted by molar-refractivity contribution is 5.70. The summed E-state index contributed by atoms with van der Waals surface area (Å²) in [7, 11) is 5.47. The van der Waals surface area contributed by atoms with Crippen molar-refractivity contribution in [2.75, 3.05) is 41.0 Å². The number of ether oxygens (including phenoxy) is 2. The second-order valence-corrected chi connectivity index (χ2v) is 6.52. The number of benzene rings is 1. The first-order chi connectivity index (χ1) is 12.0. The summed E-state index contributed by atoms with van der Waals surface area (Å²) in [6, 6.07) is 3.94. The first kappa shape index (κ1) is 18.3. The molecule has 1 saturated heterocycles. The fraction of sp³-hybridized carbons (Fsp3) is 0.556. The average Bonchev–Trinajstić information content (AvgIpc) is 2.80. The van der Waals surface area contributed by atoms with Gasteiger partial charge in [-0.25, -0.2) is 13.8 Å². The Hall–Kier alpha value is -1.54. The lowest BCUT2D eigenvalue weighted by Crippen LogP contribution is -2.51. The number of hydrogen-bond donors (Lipinski definition) is 1. The van der Waals surface area contributed by atoms with Crippen molar-refractivity contribution in [1.82, 2.24) is 15.3 Å². The number of likely N-dealkylation sites (N-methyl/N-ethyl adjacent to an activating group) is 1. The number of hydrazine groups is 1. The topological polar surface area (TPSA) is 37.0 Å². The molecule has 7 heteroatoms. The van der Waals surface area contributed by atoms with Crippen molar-refractivity contribution in [2.24, 2.45) is 0 Å². The molecule has 1 fully saturated rings. The van der Waals surface area contributed by atoms with Gasteiger partial charge in [0.05, 0.1) is 12.3 Å². The van der Waals surface area contributed by atoms with Crippen LogP contribution in [0.2, 0.25) is 0 Å². The van der Waals surface area contributed by atoms with Gasteiger partial charge in [0.25, 0.3) is 0 Å². The minimum atomic E-state index is -0.587. The smallest absolute Gasteiger partial charge is 0.126 e. The number of hydrogen-bond acceptors (Lipinski definition) is 5. The molecule has 3 rings (SSSR count). The Morgan fingerprint density at radius 3 is 2.40 bits per heavy atom. The molecule has 25 heavy (non-hydrogen) atoms. The Balaban J connectivity index is 1.95. The Morgan fingerprint density at radius 1 is 1.16 bits per heavy atom. The molecule has 0 saturated carbocycles. The number of rotatable bonds is 5. The van der Waals surface area contributed by atoms with E-state index in [0.717, 1.165) is 43.4 Å². The highest BCUT2D eigenvalue weighted by atomic mass is 19.1. The van der Waals surface area contributed by atoms with E-state index >= 15 is 0 Å². The van der Waals surface area contributed by atoms with Crippen LogP contribution in [-0.2, 0) is 9.47 Å². The molecule has 1 N–H and O–H groups in total. The van der Waals surface area contributed by atoms with Crippen molar-refractivity contribution in [3.05, 3.63) is 41.0 Å². The van der Waals surface area contributed by atoms with E-state index in [1.54, 1.807) is 7.11 Å². The Labute approximate surface area is 147 Å². The minimum Gasteiger partial charge on any atom is -0.381 e. The number of nitrogens with zero attached hydrogens (tertiary/aromatic N) is 2. The molecule has 0 aliphatic carbocycles. The zero-order chi connectivity index (χ0) is 18.0. The summed E-state index contributed by atoms with van der Waals surface area (Å²) in [4.78, 5) is 0. The third kappa shape index (κ3) is 3.84. The quantitative estimate of drug-likeness (QED) is 0.878. The van der Waals surface area contributed by atoms with E-state index in [9.17, 15) is 8.78 Å². The van der Waals surface area contributed by atoms with E-state index in [-0.39, 0.29) is 6.17 Å². The molecule has 1 atom stereocenters. The number of nitrogens with one attached hydrogen (secondary N) is 1. The average molecular weight is 353 g/mol. The zero-order valence-corrected chi connectivity index (χ0v) is 14.9. The second-order valence-electron chi connectivity index (χ2n) is 6.52. The molecule has 2 aliphatic heterocycles. The summed E-state index contributed by atoms with van der Waals surface area (Å²) in [6.45, 7) is 1.87. The van der Waals surface area contributed by atoms with Crippen molar-refractivity contribution in [3.63, 3.8) is 0 Å². The highest BCUT2D eigenvalue weighted by Crippen LogP contribution is 2.34. The monoisotopic (exact) mass is 353 g/mol. The van der Waals surface area contributed by atoms with Gasteiger partial charge in [-0.1, -0.05) is 0 Å². The fourth-order valence-electron chi connectivity index (χ4n) is 3.56. The van der Waals surface area contributed by atoms with Crippen LogP contribution in [0.25, 0.3) is 5.70 Å². The van der Waals surface area contributed by atoms with Crippen LogP contribution in [0.15, 0.2) is 23.8 Å². The van der Waals surface area contributed by atoms with Gasteiger partial charge in [-0.15, -0.1) is 0 Å². The lowest BCUT2D eigenvalue weighted by Gasteiger charge is -2.33. The van der Waals surface area contributed by atoms with Gasteiger partial charge in [0.1, 0.15) is 17.8 Å². The van der Waals surface area contributed by atoms with Gasteiger partial charge >= 0.3 is 0 Å². The van der Waals surface area contributed by atoms with Gasteiger partial charge in [0, 0.05) is 57.7 Å². The van der Waals surface area contributed by atoms with Crippen LogP contribution >= 0.6 is 0 Å². The molecule has 5 nitrogen and oxygen atoms in total. The maximum atomic E-state index is 13.7. The molecule has 1 aromatic carbocycles. The van der Waals surface area contributed by atoms with E-state index < -0.39 is 11.6 Å². The first-order valence-corrected chi connectivity index (χ1v) is 8.50. The van der Waals surface area contributed by atoms with Crippen LogP contribution < -0.4 is 5.32 Å². The molecule has 138 valence electrons. The van der Waals surface area contributed by atoms with Crippen LogP contribution in [0.3, 0.4) is 0 Å². The molecule has 2 aliphatic rings. The lowest BCUT2D eigenvalue weighted by atomic mass is 10.0. The first-order valence-electron chi connectivity index (χ1n) is 8.50. The van der Waals surface area contributed by atoms with Gasteiger partial charge in [0.2, 0.25) is 0 Å². The SMILES string of the molecule is COCC1=C(c2cc(F)cc(F)c2)N(C)N(C)C1NC1CCOCC1. The van der Waals surface area contributed by atoms with Crippen molar-refractivity contribution < 1.29 is 18.3 Å². The molecule has 0 bridgehead atoms. The summed E-state index contributed by atoms with van der Waals surface area (Å²) in [6.07, 6.45) is 1.80. The molecular weight excluding hydrogens is 328 g/mol. The third-order valence-electron chi connectivity index (χ3n) is 4.86. The van der Waals surface area contributed by atoms with Gasteiger partial charge in [-0.3, -0.25) is 5.32 Å². The van der Waals surface area contributed by atoms with Crippen molar-refractivity contribution in [1.29, 1.82) is 0 Å². The molecule has 1 aromatic rings. The predicted octanol–water partition coefficient (Wildman–Crippen LogP) is 2.21.